The summed E-state index contributed by atoms with van der Waals surface area (Å²) in [5.41, 5.74) is 0.0827. The molecule has 2 fully saturated rings. The third-order valence-corrected chi connectivity index (χ3v) is 6.28. The number of oxime groups is 1. The minimum Gasteiger partial charge on any atom is -0.396 e. The summed E-state index contributed by atoms with van der Waals surface area (Å²) in [6.45, 7) is 4.14. The second-order valence-electron chi connectivity index (χ2n) is 8.88. The van der Waals surface area contributed by atoms with Gasteiger partial charge < -0.3 is 15.5 Å². The Labute approximate surface area is 198 Å². The van der Waals surface area contributed by atoms with E-state index < -0.39 is 17.6 Å². The normalized spacial score (nSPS) is 21.2. The van der Waals surface area contributed by atoms with Gasteiger partial charge in [-0.2, -0.15) is 13.2 Å². The molecule has 1 aliphatic heterocycles. The Balaban J connectivity index is 1.37. The molecule has 188 valence electrons. The first-order valence-corrected chi connectivity index (χ1v) is 11.9. The van der Waals surface area contributed by atoms with Gasteiger partial charge in [0, 0.05) is 30.7 Å². The van der Waals surface area contributed by atoms with Gasteiger partial charge in [-0.1, -0.05) is 24.6 Å². The Kier molecular flexibility index (Phi) is 9.32. The Morgan fingerprint density at radius 1 is 1.21 bits per heavy atom. The minimum atomic E-state index is -4.53. The fourth-order valence-corrected chi connectivity index (χ4v) is 4.35. The molecular weight excluding hydrogens is 449 g/mol. The van der Waals surface area contributed by atoms with E-state index in [0.717, 1.165) is 75.9 Å². The molecule has 1 saturated carbocycles. The average molecular weight is 483 g/mol. The molecule has 1 atom stereocenters. The van der Waals surface area contributed by atoms with Crippen molar-refractivity contribution in [2.45, 2.75) is 70.1 Å². The molecule has 0 spiro atoms. The van der Waals surface area contributed by atoms with Gasteiger partial charge in [0.15, 0.2) is 0 Å². The van der Waals surface area contributed by atoms with Crippen LogP contribution in [0.25, 0.3) is 0 Å². The van der Waals surface area contributed by atoms with Crippen LogP contribution in [-0.4, -0.2) is 60.8 Å². The third-order valence-electron chi connectivity index (χ3n) is 6.28. The van der Waals surface area contributed by atoms with E-state index in [1.54, 1.807) is 0 Å². The van der Waals surface area contributed by atoms with E-state index in [0.29, 0.717) is 12.6 Å². The van der Waals surface area contributed by atoms with Crippen molar-refractivity contribution in [2.24, 2.45) is 5.16 Å². The highest BCUT2D eigenvalue weighted by molar-refractivity contribution is 5.96. The van der Waals surface area contributed by atoms with E-state index in [2.05, 4.69) is 27.6 Å². The maximum absolute atomic E-state index is 12.8. The molecule has 1 saturated heterocycles. The Morgan fingerprint density at radius 2 is 1.97 bits per heavy atom. The zero-order valence-corrected chi connectivity index (χ0v) is 19.5. The number of rotatable bonds is 9. The van der Waals surface area contributed by atoms with Crippen LogP contribution < -0.4 is 10.6 Å². The second-order valence-corrected chi connectivity index (χ2v) is 8.88. The van der Waals surface area contributed by atoms with E-state index in [4.69, 9.17) is 4.84 Å². The van der Waals surface area contributed by atoms with Crippen LogP contribution in [0.4, 0.5) is 13.2 Å². The number of nitrogens with one attached hydrogen (secondary N) is 2. The van der Waals surface area contributed by atoms with Crippen LogP contribution in [0.3, 0.4) is 0 Å². The Morgan fingerprint density at radius 3 is 2.68 bits per heavy atom. The van der Waals surface area contributed by atoms with Crippen LogP contribution in [0.15, 0.2) is 29.4 Å². The van der Waals surface area contributed by atoms with Gasteiger partial charge in [-0.15, -0.1) is 0 Å². The summed E-state index contributed by atoms with van der Waals surface area (Å²) in [4.78, 5) is 32.2. The van der Waals surface area contributed by atoms with Crippen LogP contribution in [0, 0.1) is 0 Å². The predicted octanol–water partition coefficient (Wildman–Crippen LogP) is 3.74. The lowest BCUT2D eigenvalue weighted by molar-refractivity contribution is -0.137. The number of benzene rings is 1. The summed E-state index contributed by atoms with van der Waals surface area (Å²) in [6.07, 6.45) is 2.27. The zero-order chi connectivity index (χ0) is 24.6. The number of nitrogens with zero attached hydrogens (tertiary/aromatic N) is 2. The molecular formula is C24H33F3N4O3. The fourth-order valence-electron chi connectivity index (χ4n) is 4.35. The molecule has 0 unspecified atom stereocenters. The molecule has 0 aromatic heterocycles. The first-order valence-electron chi connectivity index (χ1n) is 11.9. The molecule has 1 aromatic carbocycles. The molecule has 2 amide bonds. The lowest BCUT2D eigenvalue weighted by Crippen LogP contribution is -2.44. The van der Waals surface area contributed by atoms with Gasteiger partial charge in [-0.3, -0.25) is 14.5 Å². The summed E-state index contributed by atoms with van der Waals surface area (Å²) in [5.74, 6) is -1.07. The lowest BCUT2D eigenvalue weighted by Gasteiger charge is -2.31. The summed E-state index contributed by atoms with van der Waals surface area (Å²) in [6, 6.07) is 4.58. The van der Waals surface area contributed by atoms with E-state index in [1.807, 2.05) is 0 Å². The van der Waals surface area contributed by atoms with Gasteiger partial charge in [0.2, 0.25) is 5.91 Å². The Bertz CT molecular complexity index is 865. The van der Waals surface area contributed by atoms with Gasteiger partial charge in [0.25, 0.3) is 5.91 Å². The maximum atomic E-state index is 12.8. The molecule has 0 bridgehead atoms. The molecule has 1 heterocycles. The second kappa shape index (κ2) is 12.2. The maximum Gasteiger partial charge on any atom is 0.416 e. The summed E-state index contributed by atoms with van der Waals surface area (Å²) < 4.78 is 38.5. The van der Waals surface area contributed by atoms with Crippen molar-refractivity contribution in [1.29, 1.82) is 0 Å². The number of hydrogen-bond donors (Lipinski definition) is 2. The average Bonchev–Trinajstić information content (AvgIpc) is 3.28. The highest BCUT2D eigenvalue weighted by Crippen LogP contribution is 2.29. The van der Waals surface area contributed by atoms with Crippen LogP contribution in [-0.2, 0) is 15.8 Å². The van der Waals surface area contributed by atoms with Crippen molar-refractivity contribution in [1.82, 2.24) is 15.5 Å². The molecule has 1 aliphatic carbocycles. The summed E-state index contributed by atoms with van der Waals surface area (Å²) in [7, 11) is 0. The quantitative estimate of drug-likeness (QED) is 0.415. The van der Waals surface area contributed by atoms with E-state index in [9.17, 15) is 22.8 Å². The summed E-state index contributed by atoms with van der Waals surface area (Å²) in [5, 5.41) is 9.58. The van der Waals surface area contributed by atoms with Gasteiger partial charge in [0.05, 0.1) is 17.8 Å². The number of likely N-dealkylation sites (tertiary alicyclic amines) is 1. The van der Waals surface area contributed by atoms with Crippen molar-refractivity contribution in [2.75, 3.05) is 26.2 Å². The standard InChI is InChI=1S/C24H33F3N4O3/c1-2-3-13-34-30-19-7-9-21(10-8-19)31-12-11-20(16-31)29-22(32)15-28-23(33)17-5-4-6-18(14-17)24(25,26)27/h4-6,14,20-21H,2-3,7-13,15-16H2,1H3,(H,28,33)(H,29,32)/t20-,21?/m1/s1. The number of halogens is 3. The molecule has 0 radical (unpaired) electrons. The zero-order valence-electron chi connectivity index (χ0n) is 19.5. The van der Waals surface area contributed by atoms with E-state index in [-0.39, 0.29) is 24.1 Å². The molecule has 1 aromatic rings. The van der Waals surface area contributed by atoms with Gasteiger partial charge in [-0.05, 0) is 56.7 Å². The number of alkyl halides is 3. The molecule has 2 N–H and O–H groups in total. The SMILES string of the molecule is CCCCON=C1CCC(N2CC[C@@H](NC(=O)CNC(=O)c3cccc(C(F)(F)F)c3)C2)CC1. The van der Waals surface area contributed by atoms with Gasteiger partial charge >= 0.3 is 6.18 Å². The largest absolute Gasteiger partial charge is 0.416 e. The van der Waals surface area contributed by atoms with Crippen LogP contribution in [0.2, 0.25) is 0 Å². The number of carbonyl (C=O) groups excluding carboxylic acids is 2. The molecule has 10 heteroatoms. The third kappa shape index (κ3) is 7.72. The summed E-state index contributed by atoms with van der Waals surface area (Å²) >= 11 is 0. The van der Waals surface area contributed by atoms with Crippen molar-refractivity contribution in [3.8, 4) is 0 Å². The first kappa shape index (κ1) is 26.0. The highest BCUT2D eigenvalue weighted by atomic mass is 19.4. The monoisotopic (exact) mass is 482 g/mol. The molecule has 3 rings (SSSR count). The Hall–Kier alpha value is -2.62. The predicted molar refractivity (Wildman–Crippen MR) is 122 cm³/mol. The van der Waals surface area contributed by atoms with E-state index >= 15 is 0 Å². The van der Waals surface area contributed by atoms with Gasteiger partial charge in [0.1, 0.15) is 6.61 Å². The lowest BCUT2D eigenvalue weighted by atomic mass is 9.93. The molecule has 7 nitrogen and oxygen atoms in total. The molecule has 2 aliphatic rings. The number of unbranched alkanes of at least 4 members (excludes halogenated alkanes) is 1. The van der Waals surface area contributed by atoms with Crippen LogP contribution >= 0.6 is 0 Å². The number of carbonyl (C=O) groups is 2. The number of amides is 2. The first-order chi connectivity index (χ1) is 16.3. The van der Waals surface area contributed by atoms with Crippen molar-refractivity contribution in [3.05, 3.63) is 35.4 Å². The smallest absolute Gasteiger partial charge is 0.396 e. The number of hydrogen-bond acceptors (Lipinski definition) is 5. The van der Waals surface area contributed by atoms with Gasteiger partial charge in [-0.25, -0.2) is 0 Å². The van der Waals surface area contributed by atoms with Crippen LogP contribution in [0.5, 0.6) is 0 Å². The topological polar surface area (TPSA) is 83.0 Å². The van der Waals surface area contributed by atoms with E-state index in [1.165, 1.54) is 12.1 Å². The fraction of sp³-hybridized carbons (Fsp3) is 0.625. The highest BCUT2D eigenvalue weighted by Gasteiger charge is 2.32. The van der Waals surface area contributed by atoms with Crippen LogP contribution in [0.1, 0.15) is 67.8 Å². The van der Waals surface area contributed by atoms with Crippen molar-refractivity contribution in [3.63, 3.8) is 0 Å². The van der Waals surface area contributed by atoms with Crippen molar-refractivity contribution < 1.29 is 27.6 Å². The minimum absolute atomic E-state index is 0.00889. The molecule has 34 heavy (non-hydrogen) atoms. The van der Waals surface area contributed by atoms with Crippen molar-refractivity contribution >= 4 is 17.5 Å².